The van der Waals surface area contributed by atoms with Gasteiger partial charge in [-0.25, -0.2) is 0 Å². The third kappa shape index (κ3) is 2.69. The van der Waals surface area contributed by atoms with E-state index in [1.165, 1.54) is 12.8 Å². The molecule has 0 aromatic heterocycles. The molecule has 104 valence electrons. The highest BCUT2D eigenvalue weighted by Crippen LogP contribution is 2.40. The Morgan fingerprint density at radius 1 is 1.26 bits per heavy atom. The Hall–Kier alpha value is -1.26. The van der Waals surface area contributed by atoms with Crippen molar-refractivity contribution in [3.05, 3.63) is 23.8 Å². The quantitative estimate of drug-likeness (QED) is 0.885. The summed E-state index contributed by atoms with van der Waals surface area (Å²) in [5, 5.41) is 0. The van der Waals surface area contributed by atoms with Crippen LogP contribution in [0.1, 0.15) is 31.4 Å². The molecule has 2 aliphatic rings. The Kier molecular flexibility index (Phi) is 3.62. The van der Waals surface area contributed by atoms with E-state index >= 15 is 0 Å². The molecule has 19 heavy (non-hydrogen) atoms. The van der Waals surface area contributed by atoms with Crippen molar-refractivity contribution < 1.29 is 14.2 Å². The van der Waals surface area contributed by atoms with Gasteiger partial charge in [-0.1, -0.05) is 6.07 Å². The lowest BCUT2D eigenvalue weighted by Crippen LogP contribution is -2.31. The van der Waals surface area contributed by atoms with Crippen molar-refractivity contribution in [2.75, 3.05) is 19.8 Å². The zero-order valence-electron chi connectivity index (χ0n) is 11.3. The van der Waals surface area contributed by atoms with Crippen molar-refractivity contribution in [2.45, 2.75) is 31.9 Å². The molecule has 1 fully saturated rings. The molecule has 1 saturated carbocycles. The first-order valence-electron chi connectivity index (χ1n) is 7.06. The lowest BCUT2D eigenvalue weighted by Gasteiger charge is -2.26. The molecule has 1 aliphatic heterocycles. The van der Waals surface area contributed by atoms with Gasteiger partial charge in [-0.15, -0.1) is 0 Å². The van der Waals surface area contributed by atoms with Crippen molar-refractivity contribution in [3.8, 4) is 11.5 Å². The minimum atomic E-state index is -0.0942. The maximum Gasteiger partial charge on any atom is 0.161 e. The highest BCUT2D eigenvalue weighted by Gasteiger charge is 2.36. The molecule has 4 nitrogen and oxygen atoms in total. The van der Waals surface area contributed by atoms with Crippen LogP contribution in [0.25, 0.3) is 0 Å². The summed E-state index contributed by atoms with van der Waals surface area (Å²) in [5.41, 5.74) is 7.44. The summed E-state index contributed by atoms with van der Waals surface area (Å²) in [6, 6.07) is 5.86. The molecule has 1 aromatic carbocycles. The minimum absolute atomic E-state index is 0.0942. The Labute approximate surface area is 113 Å². The van der Waals surface area contributed by atoms with Gasteiger partial charge in [0.1, 0.15) is 13.2 Å². The number of rotatable bonds is 5. The summed E-state index contributed by atoms with van der Waals surface area (Å²) >= 11 is 0. The number of ether oxygens (including phenoxy) is 3. The van der Waals surface area contributed by atoms with E-state index in [9.17, 15) is 0 Å². The Balaban J connectivity index is 1.80. The number of hydrogen-bond donors (Lipinski definition) is 1. The second-order valence-electron chi connectivity index (χ2n) is 5.19. The topological polar surface area (TPSA) is 53.7 Å². The fourth-order valence-electron chi connectivity index (χ4n) is 2.61. The van der Waals surface area contributed by atoms with Gasteiger partial charge >= 0.3 is 0 Å². The van der Waals surface area contributed by atoms with E-state index < -0.39 is 0 Å². The van der Waals surface area contributed by atoms with Gasteiger partial charge in [0.15, 0.2) is 11.5 Å². The molecule has 1 aliphatic carbocycles. The summed E-state index contributed by atoms with van der Waals surface area (Å²) in [7, 11) is 0. The Bertz CT molecular complexity index is 445. The van der Waals surface area contributed by atoms with Crippen LogP contribution in [0.2, 0.25) is 0 Å². The zero-order chi connectivity index (χ0) is 13.2. The standard InChI is InChI=1S/C15H21NO3/c1-2-17-15(10-3-4-10)14(16)11-5-6-12-13(9-11)19-8-7-18-12/h5-6,9-10,14-15H,2-4,7-8,16H2,1H3. The molecule has 0 bridgehead atoms. The summed E-state index contributed by atoms with van der Waals surface area (Å²) < 4.78 is 17.0. The molecular formula is C15H21NO3. The summed E-state index contributed by atoms with van der Waals surface area (Å²) in [6.07, 6.45) is 2.57. The lowest BCUT2D eigenvalue weighted by molar-refractivity contribution is 0.0282. The van der Waals surface area contributed by atoms with Gasteiger partial charge in [-0.05, 0) is 43.4 Å². The van der Waals surface area contributed by atoms with Crippen molar-refractivity contribution in [1.29, 1.82) is 0 Å². The molecular weight excluding hydrogens is 242 g/mol. The fraction of sp³-hybridized carbons (Fsp3) is 0.600. The monoisotopic (exact) mass is 263 g/mol. The number of nitrogens with two attached hydrogens (primary N) is 1. The van der Waals surface area contributed by atoms with Crippen LogP contribution < -0.4 is 15.2 Å². The first-order valence-corrected chi connectivity index (χ1v) is 7.06. The van der Waals surface area contributed by atoms with E-state index in [1.54, 1.807) is 0 Å². The van der Waals surface area contributed by atoms with Crippen LogP contribution >= 0.6 is 0 Å². The van der Waals surface area contributed by atoms with Crippen molar-refractivity contribution in [3.63, 3.8) is 0 Å². The molecule has 1 aromatic rings. The summed E-state index contributed by atoms with van der Waals surface area (Å²) in [5.74, 6) is 2.22. The number of fused-ring (bicyclic) bond motifs is 1. The highest BCUT2D eigenvalue weighted by molar-refractivity contribution is 5.44. The highest BCUT2D eigenvalue weighted by atomic mass is 16.6. The predicted molar refractivity (Wildman–Crippen MR) is 72.5 cm³/mol. The van der Waals surface area contributed by atoms with Crippen LogP contribution in [-0.2, 0) is 4.74 Å². The minimum Gasteiger partial charge on any atom is -0.486 e. The molecule has 0 radical (unpaired) electrons. The van der Waals surface area contributed by atoms with Gasteiger partial charge < -0.3 is 19.9 Å². The third-order valence-electron chi connectivity index (χ3n) is 3.75. The molecule has 2 atom stereocenters. The van der Waals surface area contributed by atoms with Crippen LogP contribution in [-0.4, -0.2) is 25.9 Å². The molecule has 4 heteroatoms. The molecule has 2 N–H and O–H groups in total. The first kappa shape index (κ1) is 12.8. The van der Waals surface area contributed by atoms with Crippen LogP contribution in [0.3, 0.4) is 0 Å². The van der Waals surface area contributed by atoms with Crippen LogP contribution in [0.4, 0.5) is 0 Å². The summed E-state index contributed by atoms with van der Waals surface area (Å²) in [6.45, 7) is 3.94. The zero-order valence-corrected chi connectivity index (χ0v) is 11.3. The molecule has 0 saturated heterocycles. The van der Waals surface area contributed by atoms with E-state index in [0.717, 1.165) is 17.1 Å². The Morgan fingerprint density at radius 2 is 2.00 bits per heavy atom. The average molecular weight is 263 g/mol. The second kappa shape index (κ2) is 5.39. The van der Waals surface area contributed by atoms with Gasteiger partial charge in [-0.2, -0.15) is 0 Å². The second-order valence-corrected chi connectivity index (χ2v) is 5.19. The summed E-state index contributed by atoms with van der Waals surface area (Å²) in [4.78, 5) is 0. The smallest absolute Gasteiger partial charge is 0.161 e. The Morgan fingerprint density at radius 3 is 2.68 bits per heavy atom. The van der Waals surface area contributed by atoms with Gasteiger partial charge in [0.25, 0.3) is 0 Å². The first-order chi connectivity index (χ1) is 9.29. The molecule has 1 heterocycles. The molecule has 0 amide bonds. The van der Waals surface area contributed by atoms with Gasteiger partial charge in [0.05, 0.1) is 12.1 Å². The normalized spacial score (nSPS) is 20.9. The van der Waals surface area contributed by atoms with E-state index in [-0.39, 0.29) is 12.1 Å². The van der Waals surface area contributed by atoms with E-state index in [4.69, 9.17) is 19.9 Å². The van der Waals surface area contributed by atoms with Gasteiger partial charge in [0, 0.05) is 6.61 Å². The molecule has 0 spiro atoms. The number of benzene rings is 1. The van der Waals surface area contributed by atoms with Crippen LogP contribution in [0.5, 0.6) is 11.5 Å². The maximum absolute atomic E-state index is 6.38. The van der Waals surface area contributed by atoms with Gasteiger partial charge in [-0.3, -0.25) is 0 Å². The van der Waals surface area contributed by atoms with Crippen molar-refractivity contribution >= 4 is 0 Å². The van der Waals surface area contributed by atoms with E-state index in [2.05, 4.69) is 0 Å². The SMILES string of the molecule is CCOC(C1CC1)C(N)c1ccc2c(c1)OCCO2. The largest absolute Gasteiger partial charge is 0.486 e. The maximum atomic E-state index is 6.38. The van der Waals surface area contributed by atoms with Crippen LogP contribution in [0, 0.1) is 5.92 Å². The van der Waals surface area contributed by atoms with Crippen molar-refractivity contribution in [2.24, 2.45) is 11.7 Å². The third-order valence-corrected chi connectivity index (χ3v) is 3.75. The van der Waals surface area contributed by atoms with Gasteiger partial charge in [0.2, 0.25) is 0 Å². The fourth-order valence-corrected chi connectivity index (χ4v) is 2.61. The lowest BCUT2D eigenvalue weighted by atomic mass is 9.98. The molecule has 3 rings (SSSR count). The van der Waals surface area contributed by atoms with E-state index in [1.807, 2.05) is 25.1 Å². The van der Waals surface area contributed by atoms with Crippen LogP contribution in [0.15, 0.2) is 18.2 Å². The van der Waals surface area contributed by atoms with Crippen molar-refractivity contribution in [1.82, 2.24) is 0 Å². The predicted octanol–water partition coefficient (Wildman–Crippen LogP) is 2.27. The van der Waals surface area contributed by atoms with E-state index in [0.29, 0.717) is 25.7 Å². The average Bonchev–Trinajstić information content (AvgIpc) is 3.28. The number of hydrogen-bond acceptors (Lipinski definition) is 4. The molecule has 2 unspecified atom stereocenters.